The molecule has 2 N–H and O–H groups in total. The summed E-state index contributed by atoms with van der Waals surface area (Å²) in [6, 6.07) is 8.78. The second kappa shape index (κ2) is 7.86. The summed E-state index contributed by atoms with van der Waals surface area (Å²) in [5, 5.41) is 20.1. The van der Waals surface area contributed by atoms with E-state index in [1.807, 2.05) is 32.0 Å². The van der Waals surface area contributed by atoms with Crippen LogP contribution in [0.3, 0.4) is 0 Å². The zero-order valence-corrected chi connectivity index (χ0v) is 14.8. The van der Waals surface area contributed by atoms with E-state index in [9.17, 15) is 9.90 Å². The van der Waals surface area contributed by atoms with Crippen LogP contribution in [0.15, 0.2) is 39.2 Å². The summed E-state index contributed by atoms with van der Waals surface area (Å²) in [5.41, 5.74) is 1.83. The van der Waals surface area contributed by atoms with Gasteiger partial charge in [0.25, 0.3) is 5.89 Å². The van der Waals surface area contributed by atoms with Gasteiger partial charge in [-0.3, -0.25) is 4.79 Å². The first-order valence-electron chi connectivity index (χ1n) is 8.45. The monoisotopic (exact) mass is 355 g/mol. The van der Waals surface area contributed by atoms with Crippen LogP contribution in [0, 0.1) is 13.8 Å². The minimum absolute atomic E-state index is 0.0705. The van der Waals surface area contributed by atoms with E-state index in [1.54, 1.807) is 12.1 Å². The number of hydrogen-bond donors (Lipinski definition) is 2. The fourth-order valence-corrected chi connectivity index (χ4v) is 2.62. The maximum atomic E-state index is 11.9. The standard InChI is InChI=1S/C19H21N3O4/c1-12-11-16(13(2)25-12)19-22-21-18(26-19)8-7-17(24)20-10-9-14-3-5-15(23)6-4-14/h3-6,11,23H,7-10H2,1-2H3,(H,20,24). The molecule has 0 spiro atoms. The number of rotatable bonds is 7. The molecule has 3 rings (SSSR count). The smallest absolute Gasteiger partial charge is 0.251 e. The Morgan fingerprint density at radius 2 is 1.88 bits per heavy atom. The Hall–Kier alpha value is -3.09. The largest absolute Gasteiger partial charge is 0.508 e. The quantitative estimate of drug-likeness (QED) is 0.676. The zero-order valence-electron chi connectivity index (χ0n) is 14.8. The second-order valence-corrected chi connectivity index (χ2v) is 6.09. The van der Waals surface area contributed by atoms with Crippen LogP contribution < -0.4 is 5.32 Å². The van der Waals surface area contributed by atoms with Crippen molar-refractivity contribution in [3.63, 3.8) is 0 Å². The Morgan fingerprint density at radius 1 is 1.12 bits per heavy atom. The molecule has 2 aromatic heterocycles. The minimum Gasteiger partial charge on any atom is -0.508 e. The van der Waals surface area contributed by atoms with E-state index < -0.39 is 0 Å². The SMILES string of the molecule is Cc1cc(-c2nnc(CCC(=O)NCCc3ccc(O)cc3)o2)c(C)o1. The third-order valence-electron chi connectivity index (χ3n) is 3.98. The van der Waals surface area contributed by atoms with E-state index in [2.05, 4.69) is 15.5 Å². The number of phenolic OH excluding ortho intramolecular Hbond substituents is 1. The molecule has 3 aromatic rings. The molecule has 7 heteroatoms. The van der Waals surface area contributed by atoms with Crippen LogP contribution in [-0.2, 0) is 17.6 Å². The first-order chi connectivity index (χ1) is 12.5. The van der Waals surface area contributed by atoms with E-state index in [-0.39, 0.29) is 18.1 Å². The van der Waals surface area contributed by atoms with Crippen LogP contribution in [0.2, 0.25) is 0 Å². The second-order valence-electron chi connectivity index (χ2n) is 6.09. The topological polar surface area (TPSA) is 101 Å². The van der Waals surface area contributed by atoms with Gasteiger partial charge < -0.3 is 19.3 Å². The van der Waals surface area contributed by atoms with E-state index in [0.29, 0.717) is 31.2 Å². The number of amides is 1. The van der Waals surface area contributed by atoms with Crippen LogP contribution >= 0.6 is 0 Å². The average Bonchev–Trinajstić information content (AvgIpc) is 3.20. The van der Waals surface area contributed by atoms with E-state index in [0.717, 1.165) is 22.6 Å². The molecule has 136 valence electrons. The van der Waals surface area contributed by atoms with Crippen molar-refractivity contribution in [1.29, 1.82) is 0 Å². The Kier molecular flexibility index (Phi) is 5.36. The lowest BCUT2D eigenvalue weighted by molar-refractivity contribution is -0.121. The molecule has 2 heterocycles. The molecular weight excluding hydrogens is 334 g/mol. The molecule has 0 saturated carbocycles. The number of phenols is 1. The van der Waals surface area contributed by atoms with Crippen molar-refractivity contribution in [3.8, 4) is 17.2 Å². The van der Waals surface area contributed by atoms with Crippen LogP contribution in [0.25, 0.3) is 11.5 Å². The van der Waals surface area contributed by atoms with Crippen molar-refractivity contribution in [2.24, 2.45) is 0 Å². The first kappa shape index (κ1) is 17.7. The van der Waals surface area contributed by atoms with Crippen LogP contribution in [-0.4, -0.2) is 27.8 Å². The Balaban J connectivity index is 1.44. The van der Waals surface area contributed by atoms with Gasteiger partial charge in [-0.25, -0.2) is 0 Å². The van der Waals surface area contributed by atoms with Crippen molar-refractivity contribution in [2.45, 2.75) is 33.1 Å². The van der Waals surface area contributed by atoms with Gasteiger partial charge in [0, 0.05) is 19.4 Å². The summed E-state index contributed by atoms with van der Waals surface area (Å²) >= 11 is 0. The highest BCUT2D eigenvalue weighted by atomic mass is 16.4. The maximum Gasteiger partial charge on any atom is 0.251 e. The Bertz CT molecular complexity index is 881. The van der Waals surface area contributed by atoms with Crippen molar-refractivity contribution >= 4 is 5.91 Å². The van der Waals surface area contributed by atoms with Gasteiger partial charge in [-0.15, -0.1) is 10.2 Å². The summed E-state index contributed by atoms with van der Waals surface area (Å²) < 4.78 is 11.1. The van der Waals surface area contributed by atoms with E-state index >= 15 is 0 Å². The molecule has 0 fully saturated rings. The van der Waals surface area contributed by atoms with Crippen molar-refractivity contribution < 1.29 is 18.7 Å². The van der Waals surface area contributed by atoms with Crippen molar-refractivity contribution in [2.75, 3.05) is 6.54 Å². The number of furan rings is 1. The number of aromatic hydroxyl groups is 1. The fraction of sp³-hybridized carbons (Fsp3) is 0.316. The van der Waals surface area contributed by atoms with Gasteiger partial charge in [0.2, 0.25) is 11.8 Å². The van der Waals surface area contributed by atoms with Gasteiger partial charge >= 0.3 is 0 Å². The molecule has 0 bridgehead atoms. The normalized spacial score (nSPS) is 10.8. The summed E-state index contributed by atoms with van der Waals surface area (Å²) in [6.07, 6.45) is 1.37. The molecule has 1 amide bonds. The Labute approximate surface area is 151 Å². The highest BCUT2D eigenvalue weighted by Crippen LogP contribution is 2.25. The number of hydrogen-bond acceptors (Lipinski definition) is 6. The summed E-state index contributed by atoms with van der Waals surface area (Å²) in [7, 11) is 0. The summed E-state index contributed by atoms with van der Waals surface area (Å²) in [5.74, 6) is 2.50. The third-order valence-corrected chi connectivity index (χ3v) is 3.98. The van der Waals surface area contributed by atoms with Gasteiger partial charge in [0.1, 0.15) is 17.3 Å². The van der Waals surface area contributed by atoms with Gasteiger partial charge in [0.15, 0.2) is 0 Å². The number of aromatic nitrogens is 2. The molecule has 26 heavy (non-hydrogen) atoms. The number of aryl methyl sites for hydroxylation is 3. The molecule has 0 atom stereocenters. The predicted octanol–water partition coefficient (Wildman–Crippen LogP) is 2.94. The van der Waals surface area contributed by atoms with Gasteiger partial charge in [0.05, 0.1) is 5.56 Å². The molecule has 0 aliphatic carbocycles. The molecule has 0 unspecified atom stereocenters. The molecule has 1 aromatic carbocycles. The van der Waals surface area contributed by atoms with Crippen molar-refractivity contribution in [1.82, 2.24) is 15.5 Å². The highest BCUT2D eigenvalue weighted by molar-refractivity contribution is 5.76. The zero-order chi connectivity index (χ0) is 18.5. The van der Waals surface area contributed by atoms with Crippen molar-refractivity contribution in [3.05, 3.63) is 53.3 Å². The predicted molar refractivity (Wildman–Crippen MR) is 94.6 cm³/mol. The molecule has 0 aliphatic heterocycles. The van der Waals surface area contributed by atoms with Gasteiger partial charge in [-0.1, -0.05) is 12.1 Å². The average molecular weight is 355 g/mol. The minimum atomic E-state index is -0.0705. The number of benzene rings is 1. The van der Waals surface area contributed by atoms with E-state index in [1.165, 1.54) is 0 Å². The lowest BCUT2D eigenvalue weighted by Gasteiger charge is -2.04. The number of carbonyl (C=O) groups is 1. The van der Waals surface area contributed by atoms with Crippen LogP contribution in [0.4, 0.5) is 0 Å². The van der Waals surface area contributed by atoms with Crippen LogP contribution in [0.5, 0.6) is 5.75 Å². The number of nitrogens with zero attached hydrogens (tertiary/aromatic N) is 2. The number of carbonyl (C=O) groups excluding carboxylic acids is 1. The van der Waals surface area contributed by atoms with Gasteiger partial charge in [-0.05, 0) is 44.0 Å². The first-order valence-corrected chi connectivity index (χ1v) is 8.45. The lowest BCUT2D eigenvalue weighted by atomic mass is 10.1. The third kappa shape index (κ3) is 4.50. The Morgan fingerprint density at radius 3 is 2.58 bits per heavy atom. The molecule has 7 nitrogen and oxygen atoms in total. The lowest BCUT2D eigenvalue weighted by Crippen LogP contribution is -2.25. The molecule has 0 saturated heterocycles. The number of nitrogens with one attached hydrogen (secondary N) is 1. The maximum absolute atomic E-state index is 11.9. The van der Waals surface area contributed by atoms with E-state index in [4.69, 9.17) is 8.83 Å². The summed E-state index contributed by atoms with van der Waals surface area (Å²) in [6.45, 7) is 4.23. The molecule has 0 radical (unpaired) electrons. The molecular formula is C19H21N3O4. The highest BCUT2D eigenvalue weighted by Gasteiger charge is 2.15. The fourth-order valence-electron chi connectivity index (χ4n) is 2.62. The molecule has 0 aliphatic rings. The van der Waals surface area contributed by atoms with Gasteiger partial charge in [-0.2, -0.15) is 0 Å². The van der Waals surface area contributed by atoms with Crippen LogP contribution in [0.1, 0.15) is 29.4 Å². The summed E-state index contributed by atoms with van der Waals surface area (Å²) in [4.78, 5) is 11.9.